The van der Waals surface area contributed by atoms with Crippen LogP contribution < -0.4 is 4.90 Å². The molecule has 29 heavy (non-hydrogen) atoms. The van der Waals surface area contributed by atoms with Gasteiger partial charge in [-0.1, -0.05) is 5.16 Å². The quantitative estimate of drug-likeness (QED) is 0.773. The van der Waals surface area contributed by atoms with Crippen molar-refractivity contribution in [3.05, 3.63) is 41.4 Å². The van der Waals surface area contributed by atoms with Crippen LogP contribution in [0.2, 0.25) is 0 Å². The van der Waals surface area contributed by atoms with Crippen LogP contribution in [0.15, 0.2) is 28.9 Å². The Morgan fingerprint density at radius 1 is 1.07 bits per heavy atom. The zero-order valence-corrected chi connectivity index (χ0v) is 16.5. The van der Waals surface area contributed by atoms with Crippen LogP contribution in [0.1, 0.15) is 29.9 Å². The van der Waals surface area contributed by atoms with Crippen LogP contribution in [0.25, 0.3) is 0 Å². The number of pyridine rings is 1. The summed E-state index contributed by atoms with van der Waals surface area (Å²) in [4.78, 5) is 11.0. The third-order valence-corrected chi connectivity index (χ3v) is 5.84. The number of hydrogen-bond donors (Lipinski definition) is 0. The van der Waals surface area contributed by atoms with Gasteiger partial charge in [-0.25, -0.2) is 4.98 Å². The lowest BCUT2D eigenvalue weighted by Crippen LogP contribution is -2.53. The number of likely N-dealkylation sites (tertiary alicyclic amines) is 1. The van der Waals surface area contributed by atoms with Gasteiger partial charge in [0.2, 0.25) is 0 Å². The van der Waals surface area contributed by atoms with Gasteiger partial charge in [0.05, 0.1) is 17.8 Å². The topological polar surface area (TPSA) is 48.6 Å². The number of hydrogen-bond acceptors (Lipinski definition) is 6. The van der Waals surface area contributed by atoms with Crippen LogP contribution in [0.5, 0.6) is 0 Å². The maximum absolute atomic E-state index is 12.7. The molecule has 0 unspecified atom stereocenters. The number of rotatable bonds is 4. The molecule has 2 aliphatic rings. The maximum Gasteiger partial charge on any atom is 0.417 e. The van der Waals surface area contributed by atoms with Gasteiger partial charge in [-0.2, -0.15) is 13.2 Å². The molecule has 2 aromatic rings. The van der Waals surface area contributed by atoms with Gasteiger partial charge in [-0.05, 0) is 31.9 Å². The molecule has 9 heteroatoms. The molecule has 0 N–H and O–H groups in total. The highest BCUT2D eigenvalue weighted by atomic mass is 19.4. The van der Waals surface area contributed by atoms with Crippen molar-refractivity contribution in [1.29, 1.82) is 0 Å². The second-order valence-corrected chi connectivity index (χ2v) is 7.87. The van der Waals surface area contributed by atoms with E-state index in [0.717, 1.165) is 82.4 Å². The fourth-order valence-corrected chi connectivity index (χ4v) is 4.21. The van der Waals surface area contributed by atoms with Crippen molar-refractivity contribution in [3.63, 3.8) is 0 Å². The van der Waals surface area contributed by atoms with Gasteiger partial charge in [0.15, 0.2) is 5.76 Å². The summed E-state index contributed by atoms with van der Waals surface area (Å²) in [5.74, 6) is 1.54. The number of halogens is 3. The molecule has 0 aromatic carbocycles. The molecule has 0 atom stereocenters. The molecule has 158 valence electrons. The van der Waals surface area contributed by atoms with Crippen LogP contribution in [-0.4, -0.2) is 65.3 Å². The van der Waals surface area contributed by atoms with Gasteiger partial charge in [0.25, 0.3) is 0 Å². The van der Waals surface area contributed by atoms with Crippen molar-refractivity contribution in [2.24, 2.45) is 0 Å². The van der Waals surface area contributed by atoms with Crippen molar-refractivity contribution >= 4 is 5.82 Å². The fourth-order valence-electron chi connectivity index (χ4n) is 4.21. The lowest BCUT2D eigenvalue weighted by Gasteiger charge is -2.43. The molecule has 0 aliphatic carbocycles. The molecule has 2 aromatic heterocycles. The molecule has 2 fully saturated rings. The highest BCUT2D eigenvalue weighted by Gasteiger charge is 2.32. The highest BCUT2D eigenvalue weighted by Crippen LogP contribution is 2.29. The number of piperidine rings is 1. The summed E-state index contributed by atoms with van der Waals surface area (Å²) >= 11 is 0. The Kier molecular flexibility index (Phi) is 5.78. The summed E-state index contributed by atoms with van der Waals surface area (Å²) in [5, 5.41) is 3.94. The Labute approximate surface area is 168 Å². The second-order valence-electron chi connectivity index (χ2n) is 7.87. The molecule has 4 rings (SSSR count). The summed E-state index contributed by atoms with van der Waals surface area (Å²) in [7, 11) is 0. The first-order chi connectivity index (χ1) is 13.9. The van der Waals surface area contributed by atoms with Gasteiger partial charge in [0, 0.05) is 57.6 Å². The first-order valence-corrected chi connectivity index (χ1v) is 10.1. The summed E-state index contributed by atoms with van der Waals surface area (Å²) in [6.45, 7) is 8.20. The molecule has 4 heterocycles. The average molecular weight is 409 g/mol. The molecule has 0 spiro atoms. The Morgan fingerprint density at radius 2 is 1.79 bits per heavy atom. The van der Waals surface area contributed by atoms with Crippen LogP contribution in [0.3, 0.4) is 0 Å². The number of aryl methyl sites for hydroxylation is 1. The zero-order chi connectivity index (χ0) is 20.4. The third-order valence-electron chi connectivity index (χ3n) is 5.84. The Bertz CT molecular complexity index is 791. The molecular formula is C20H26F3N5O. The predicted octanol–water partition coefficient (Wildman–Crippen LogP) is 3.18. The van der Waals surface area contributed by atoms with E-state index < -0.39 is 11.7 Å². The van der Waals surface area contributed by atoms with E-state index in [4.69, 9.17) is 4.52 Å². The fraction of sp³-hybridized carbons (Fsp3) is 0.600. The Morgan fingerprint density at radius 3 is 2.34 bits per heavy atom. The molecule has 2 saturated heterocycles. The van der Waals surface area contributed by atoms with E-state index in [1.54, 1.807) is 0 Å². The number of aromatic nitrogens is 2. The summed E-state index contributed by atoms with van der Waals surface area (Å²) < 4.78 is 43.4. The monoisotopic (exact) mass is 409 g/mol. The van der Waals surface area contributed by atoms with E-state index in [-0.39, 0.29) is 0 Å². The molecule has 0 amide bonds. The zero-order valence-electron chi connectivity index (χ0n) is 16.5. The molecular weight excluding hydrogens is 383 g/mol. The summed E-state index contributed by atoms with van der Waals surface area (Å²) in [5.41, 5.74) is 0.211. The Hall–Kier alpha value is -2.13. The molecule has 0 radical (unpaired) electrons. The minimum Gasteiger partial charge on any atom is -0.360 e. The maximum atomic E-state index is 12.7. The van der Waals surface area contributed by atoms with Crippen LogP contribution in [-0.2, 0) is 12.7 Å². The van der Waals surface area contributed by atoms with Crippen molar-refractivity contribution < 1.29 is 17.7 Å². The first-order valence-electron chi connectivity index (χ1n) is 10.1. The molecule has 2 aliphatic heterocycles. The normalized spacial score (nSPS) is 20.3. The molecule has 0 saturated carbocycles. The van der Waals surface area contributed by atoms with E-state index in [2.05, 4.69) is 24.8 Å². The van der Waals surface area contributed by atoms with Gasteiger partial charge in [-0.15, -0.1) is 0 Å². The van der Waals surface area contributed by atoms with E-state index >= 15 is 0 Å². The number of anilines is 1. The average Bonchev–Trinajstić information content (AvgIpc) is 3.13. The summed E-state index contributed by atoms with van der Waals surface area (Å²) in [6, 6.07) is 5.13. The van der Waals surface area contributed by atoms with Crippen molar-refractivity contribution in [3.8, 4) is 0 Å². The lowest BCUT2D eigenvalue weighted by molar-refractivity contribution is -0.137. The van der Waals surface area contributed by atoms with Gasteiger partial charge in [-0.3, -0.25) is 9.80 Å². The standard InChI is InChI=1S/C20H26F3N5O/c1-15-12-18(29-25-15)14-26-6-4-17(5-7-26)27-8-10-28(11-9-27)19-3-2-16(13-24-19)20(21,22)23/h2-3,12-13,17H,4-11,14H2,1H3. The lowest BCUT2D eigenvalue weighted by atomic mass is 10.0. The first kappa shape index (κ1) is 20.2. The minimum atomic E-state index is -4.34. The number of nitrogens with zero attached hydrogens (tertiary/aromatic N) is 5. The second kappa shape index (κ2) is 8.31. The van der Waals surface area contributed by atoms with E-state index in [1.165, 1.54) is 6.07 Å². The van der Waals surface area contributed by atoms with E-state index in [1.807, 2.05) is 13.0 Å². The summed E-state index contributed by atoms with van der Waals surface area (Å²) in [6.07, 6.45) is -1.18. The molecule has 6 nitrogen and oxygen atoms in total. The van der Waals surface area contributed by atoms with Gasteiger partial charge < -0.3 is 9.42 Å². The van der Waals surface area contributed by atoms with E-state index in [0.29, 0.717) is 11.9 Å². The van der Waals surface area contributed by atoms with Crippen molar-refractivity contribution in [2.45, 2.75) is 38.5 Å². The van der Waals surface area contributed by atoms with Crippen molar-refractivity contribution in [2.75, 3.05) is 44.2 Å². The van der Waals surface area contributed by atoms with Crippen LogP contribution >= 0.6 is 0 Å². The van der Waals surface area contributed by atoms with E-state index in [9.17, 15) is 13.2 Å². The Balaban J connectivity index is 1.24. The predicted molar refractivity (Wildman–Crippen MR) is 103 cm³/mol. The largest absolute Gasteiger partial charge is 0.417 e. The minimum absolute atomic E-state index is 0.561. The van der Waals surface area contributed by atoms with Crippen molar-refractivity contribution in [1.82, 2.24) is 19.9 Å². The molecule has 0 bridgehead atoms. The highest BCUT2D eigenvalue weighted by molar-refractivity contribution is 5.40. The number of alkyl halides is 3. The number of piperazine rings is 1. The SMILES string of the molecule is Cc1cc(CN2CCC(N3CCN(c4ccc(C(F)(F)F)cn4)CC3)CC2)on1. The van der Waals surface area contributed by atoms with Gasteiger partial charge >= 0.3 is 6.18 Å². The van der Waals surface area contributed by atoms with Gasteiger partial charge in [0.1, 0.15) is 5.82 Å². The van der Waals surface area contributed by atoms with Crippen LogP contribution in [0, 0.1) is 6.92 Å². The third kappa shape index (κ3) is 4.90. The van der Waals surface area contributed by atoms with Crippen LogP contribution in [0.4, 0.5) is 19.0 Å². The smallest absolute Gasteiger partial charge is 0.360 e.